The maximum absolute atomic E-state index is 12.0. The van der Waals surface area contributed by atoms with Gasteiger partial charge in [0.2, 0.25) is 0 Å². The number of ether oxygens (including phenoxy) is 1. The standard InChI is InChI=1S/C16H20N2O4S2/c1-12(2)9-10-22-14-7-5-13(6-8-14)16(19)17-18-24(20,21)15-4-3-11-23-15/h3-8,11-12,18H,9-10H2,1-2H3,(H,17,19). The highest BCUT2D eigenvalue weighted by Crippen LogP contribution is 2.15. The van der Waals surface area contributed by atoms with Gasteiger partial charge in [-0.15, -0.1) is 16.2 Å². The molecule has 0 unspecified atom stereocenters. The Hall–Kier alpha value is -1.90. The van der Waals surface area contributed by atoms with E-state index in [0.29, 0.717) is 23.8 Å². The average Bonchev–Trinajstić information content (AvgIpc) is 3.08. The van der Waals surface area contributed by atoms with Gasteiger partial charge >= 0.3 is 0 Å². The van der Waals surface area contributed by atoms with Crippen molar-refractivity contribution >= 4 is 27.3 Å². The molecule has 2 rings (SSSR count). The Labute approximate surface area is 145 Å². The molecular weight excluding hydrogens is 348 g/mol. The lowest BCUT2D eigenvalue weighted by atomic mass is 10.1. The lowest BCUT2D eigenvalue weighted by molar-refractivity contribution is 0.0945. The number of benzene rings is 1. The molecule has 0 aliphatic rings. The molecule has 2 aromatic rings. The summed E-state index contributed by atoms with van der Waals surface area (Å²) >= 11 is 1.07. The lowest BCUT2D eigenvalue weighted by Gasteiger charge is -2.09. The minimum absolute atomic E-state index is 0.136. The number of thiophene rings is 1. The minimum atomic E-state index is -3.74. The molecule has 0 saturated heterocycles. The van der Waals surface area contributed by atoms with E-state index in [1.807, 2.05) is 0 Å². The van der Waals surface area contributed by atoms with Crippen molar-refractivity contribution in [2.24, 2.45) is 5.92 Å². The van der Waals surface area contributed by atoms with Crippen molar-refractivity contribution in [2.75, 3.05) is 6.61 Å². The van der Waals surface area contributed by atoms with Crippen LogP contribution < -0.4 is 15.0 Å². The van der Waals surface area contributed by atoms with Gasteiger partial charge in [-0.1, -0.05) is 19.9 Å². The van der Waals surface area contributed by atoms with Crippen molar-refractivity contribution in [1.82, 2.24) is 10.3 Å². The van der Waals surface area contributed by atoms with Crippen molar-refractivity contribution in [3.05, 3.63) is 47.3 Å². The number of rotatable bonds is 8. The maximum atomic E-state index is 12.0. The Morgan fingerprint density at radius 2 is 1.92 bits per heavy atom. The van der Waals surface area contributed by atoms with E-state index < -0.39 is 15.9 Å². The molecule has 1 aromatic carbocycles. The van der Waals surface area contributed by atoms with Crippen LogP contribution in [0, 0.1) is 5.92 Å². The third-order valence-electron chi connectivity index (χ3n) is 3.14. The minimum Gasteiger partial charge on any atom is -0.494 e. The molecule has 24 heavy (non-hydrogen) atoms. The molecule has 2 N–H and O–H groups in total. The fourth-order valence-corrected chi connectivity index (χ4v) is 3.60. The molecule has 0 fully saturated rings. The highest BCUT2D eigenvalue weighted by Gasteiger charge is 2.16. The molecular formula is C16H20N2O4S2. The predicted molar refractivity (Wildman–Crippen MR) is 93.5 cm³/mol. The Morgan fingerprint density at radius 1 is 1.21 bits per heavy atom. The van der Waals surface area contributed by atoms with Crippen molar-refractivity contribution < 1.29 is 17.9 Å². The van der Waals surface area contributed by atoms with Crippen LogP contribution in [0.4, 0.5) is 0 Å². The second-order valence-corrected chi connectivity index (χ2v) is 8.40. The molecule has 8 heteroatoms. The number of hydrogen-bond donors (Lipinski definition) is 2. The van der Waals surface area contributed by atoms with E-state index in [4.69, 9.17) is 4.74 Å². The normalized spacial score (nSPS) is 11.5. The van der Waals surface area contributed by atoms with Crippen molar-refractivity contribution in [1.29, 1.82) is 0 Å². The zero-order valence-corrected chi connectivity index (χ0v) is 15.1. The molecule has 6 nitrogen and oxygen atoms in total. The van der Waals surface area contributed by atoms with Gasteiger partial charge in [-0.25, -0.2) is 8.42 Å². The monoisotopic (exact) mass is 368 g/mol. The third kappa shape index (κ3) is 5.33. The van der Waals surface area contributed by atoms with Gasteiger partial charge < -0.3 is 4.74 Å². The highest BCUT2D eigenvalue weighted by atomic mass is 32.2. The van der Waals surface area contributed by atoms with E-state index in [2.05, 4.69) is 24.1 Å². The first-order valence-electron chi connectivity index (χ1n) is 7.47. The number of hydrogen-bond acceptors (Lipinski definition) is 5. The van der Waals surface area contributed by atoms with Crippen LogP contribution in [-0.2, 0) is 10.0 Å². The molecule has 0 aliphatic heterocycles. The summed E-state index contributed by atoms with van der Waals surface area (Å²) < 4.78 is 29.6. The van der Waals surface area contributed by atoms with Crippen LogP contribution in [0.15, 0.2) is 46.0 Å². The lowest BCUT2D eigenvalue weighted by Crippen LogP contribution is -2.41. The third-order valence-corrected chi connectivity index (χ3v) is 5.78. The SMILES string of the molecule is CC(C)CCOc1ccc(C(=O)NNS(=O)(=O)c2cccs2)cc1. The fourth-order valence-electron chi connectivity index (χ4n) is 1.77. The van der Waals surface area contributed by atoms with Gasteiger partial charge in [0, 0.05) is 5.56 Å². The number of nitrogens with one attached hydrogen (secondary N) is 2. The topological polar surface area (TPSA) is 84.5 Å². The van der Waals surface area contributed by atoms with Crippen LogP contribution in [0.3, 0.4) is 0 Å². The Morgan fingerprint density at radius 3 is 2.50 bits per heavy atom. The molecule has 1 heterocycles. The number of sulfonamides is 1. The summed E-state index contributed by atoms with van der Waals surface area (Å²) in [4.78, 5) is 14.1. The first-order chi connectivity index (χ1) is 11.4. The van der Waals surface area contributed by atoms with E-state index in [-0.39, 0.29) is 4.21 Å². The zero-order chi connectivity index (χ0) is 17.6. The molecule has 0 bridgehead atoms. The Kier molecular flexibility index (Phi) is 6.36. The molecule has 0 radical (unpaired) electrons. The summed E-state index contributed by atoms with van der Waals surface area (Å²) in [7, 11) is -3.74. The van der Waals surface area contributed by atoms with Crippen LogP contribution >= 0.6 is 11.3 Å². The summed E-state index contributed by atoms with van der Waals surface area (Å²) in [5.74, 6) is 0.696. The number of carbonyl (C=O) groups excluding carboxylic acids is 1. The largest absolute Gasteiger partial charge is 0.494 e. The second-order valence-electron chi connectivity index (χ2n) is 5.55. The summed E-state index contributed by atoms with van der Waals surface area (Å²) in [6, 6.07) is 9.62. The second kappa shape index (κ2) is 8.27. The van der Waals surface area contributed by atoms with E-state index in [1.54, 1.807) is 35.7 Å². The number of carbonyl (C=O) groups is 1. The van der Waals surface area contributed by atoms with Crippen LogP contribution in [0.25, 0.3) is 0 Å². The van der Waals surface area contributed by atoms with Gasteiger partial charge in [0.25, 0.3) is 15.9 Å². The zero-order valence-electron chi connectivity index (χ0n) is 13.5. The van der Waals surface area contributed by atoms with Gasteiger partial charge in [0.05, 0.1) is 6.61 Å². The molecule has 0 atom stereocenters. The summed E-state index contributed by atoms with van der Waals surface area (Å²) in [5.41, 5.74) is 2.53. The van der Waals surface area contributed by atoms with Gasteiger partial charge in [-0.3, -0.25) is 10.2 Å². The van der Waals surface area contributed by atoms with E-state index >= 15 is 0 Å². The Bertz CT molecular complexity index is 754. The first kappa shape index (κ1) is 18.4. The van der Waals surface area contributed by atoms with Crippen molar-refractivity contribution in [3.63, 3.8) is 0 Å². The quantitative estimate of drug-likeness (QED) is 0.702. The van der Waals surface area contributed by atoms with E-state index in [0.717, 1.165) is 17.8 Å². The Balaban J connectivity index is 1.88. The fraction of sp³-hybridized carbons (Fsp3) is 0.312. The number of amides is 1. The van der Waals surface area contributed by atoms with E-state index in [9.17, 15) is 13.2 Å². The van der Waals surface area contributed by atoms with Gasteiger partial charge in [-0.2, -0.15) is 0 Å². The van der Waals surface area contributed by atoms with Gasteiger partial charge in [0.15, 0.2) is 0 Å². The predicted octanol–water partition coefficient (Wildman–Crippen LogP) is 2.80. The van der Waals surface area contributed by atoms with Crippen LogP contribution in [0.1, 0.15) is 30.6 Å². The molecule has 1 aromatic heterocycles. The smallest absolute Gasteiger partial charge is 0.266 e. The summed E-state index contributed by atoms with van der Waals surface area (Å²) in [6.07, 6.45) is 0.951. The number of hydrazine groups is 1. The average molecular weight is 368 g/mol. The van der Waals surface area contributed by atoms with Gasteiger partial charge in [0.1, 0.15) is 9.96 Å². The van der Waals surface area contributed by atoms with Crippen molar-refractivity contribution in [3.8, 4) is 5.75 Å². The summed E-state index contributed by atoms with van der Waals surface area (Å²) in [6.45, 7) is 4.85. The molecule has 0 saturated carbocycles. The highest BCUT2D eigenvalue weighted by molar-refractivity contribution is 7.91. The van der Waals surface area contributed by atoms with Crippen molar-refractivity contribution in [2.45, 2.75) is 24.5 Å². The molecule has 130 valence electrons. The van der Waals surface area contributed by atoms with Crippen LogP contribution in [0.2, 0.25) is 0 Å². The summed E-state index contributed by atoms with van der Waals surface area (Å²) in [5, 5.41) is 1.65. The maximum Gasteiger partial charge on any atom is 0.266 e. The molecule has 1 amide bonds. The van der Waals surface area contributed by atoms with Crippen LogP contribution in [-0.4, -0.2) is 20.9 Å². The van der Waals surface area contributed by atoms with Crippen LogP contribution in [0.5, 0.6) is 5.75 Å². The van der Waals surface area contributed by atoms with Gasteiger partial charge in [-0.05, 0) is 48.1 Å². The molecule has 0 aliphatic carbocycles. The first-order valence-corrected chi connectivity index (χ1v) is 9.83. The molecule has 0 spiro atoms. The van der Waals surface area contributed by atoms with E-state index in [1.165, 1.54) is 6.07 Å².